The summed E-state index contributed by atoms with van der Waals surface area (Å²) in [6.45, 7) is 4.98. The number of thiophene rings is 1. The summed E-state index contributed by atoms with van der Waals surface area (Å²) >= 11 is 7.91. The van der Waals surface area contributed by atoms with E-state index in [1.165, 1.54) is 0 Å². The van der Waals surface area contributed by atoms with Gasteiger partial charge in [-0.05, 0) is 24.3 Å². The molecule has 1 atom stereocenters. The molecule has 0 aliphatic rings. The number of nitrogens with zero attached hydrogens (tertiary/aromatic N) is 3. The summed E-state index contributed by atoms with van der Waals surface area (Å²) in [6.07, 6.45) is 3.28. The summed E-state index contributed by atoms with van der Waals surface area (Å²) in [7, 11) is 0. The molecule has 3 N–H and O–H groups in total. The highest BCUT2D eigenvalue weighted by atomic mass is 35.5. The zero-order valence-electron chi connectivity index (χ0n) is 11.1. The van der Waals surface area contributed by atoms with Crippen LogP contribution in [0, 0.1) is 6.92 Å². The van der Waals surface area contributed by atoms with E-state index in [0.29, 0.717) is 6.42 Å². The highest BCUT2D eigenvalue weighted by Gasteiger charge is 2.19. The standard InChI is InChI=1S/C12H18ClN5S/c1-3-4-18-10(15-7-16-18)5-9(17-14)12-11(13)8(2)6-19-12/h6-7,9,17H,3-5,14H2,1-2H3. The zero-order chi connectivity index (χ0) is 13.8. The minimum atomic E-state index is -0.0361. The van der Waals surface area contributed by atoms with Crippen molar-refractivity contribution in [3.63, 3.8) is 0 Å². The Bertz CT molecular complexity index is 536. The van der Waals surface area contributed by atoms with Crippen molar-refractivity contribution in [2.75, 3.05) is 0 Å². The Kier molecular flexibility index (Phi) is 4.93. The first kappa shape index (κ1) is 14.5. The maximum Gasteiger partial charge on any atom is 0.138 e. The lowest BCUT2D eigenvalue weighted by Gasteiger charge is -2.15. The number of aryl methyl sites for hydroxylation is 2. The lowest BCUT2D eigenvalue weighted by Crippen LogP contribution is -2.30. The van der Waals surface area contributed by atoms with Gasteiger partial charge in [-0.25, -0.2) is 4.98 Å². The molecular weight excluding hydrogens is 282 g/mol. The van der Waals surface area contributed by atoms with E-state index in [4.69, 9.17) is 17.4 Å². The van der Waals surface area contributed by atoms with Crippen molar-refractivity contribution in [3.05, 3.63) is 33.0 Å². The summed E-state index contributed by atoms with van der Waals surface area (Å²) in [5, 5.41) is 7.05. The van der Waals surface area contributed by atoms with Crippen molar-refractivity contribution in [1.82, 2.24) is 20.2 Å². The van der Waals surface area contributed by atoms with Gasteiger partial charge in [-0.1, -0.05) is 18.5 Å². The molecule has 5 nitrogen and oxygen atoms in total. The predicted octanol–water partition coefficient (Wildman–Crippen LogP) is 2.46. The van der Waals surface area contributed by atoms with Crippen LogP contribution in [0.5, 0.6) is 0 Å². The van der Waals surface area contributed by atoms with Crippen molar-refractivity contribution in [1.29, 1.82) is 0 Å². The number of hydrogen-bond acceptors (Lipinski definition) is 5. The van der Waals surface area contributed by atoms with E-state index in [0.717, 1.165) is 34.3 Å². The van der Waals surface area contributed by atoms with Gasteiger partial charge in [-0.2, -0.15) is 5.10 Å². The van der Waals surface area contributed by atoms with Crippen LogP contribution < -0.4 is 11.3 Å². The molecule has 0 saturated carbocycles. The van der Waals surface area contributed by atoms with E-state index >= 15 is 0 Å². The van der Waals surface area contributed by atoms with Crippen LogP contribution in [0.3, 0.4) is 0 Å². The SMILES string of the molecule is CCCn1ncnc1CC(NN)c1scc(C)c1Cl. The largest absolute Gasteiger partial charge is 0.271 e. The summed E-state index contributed by atoms with van der Waals surface area (Å²) in [5.41, 5.74) is 3.91. The van der Waals surface area contributed by atoms with Crippen molar-refractivity contribution < 1.29 is 0 Å². The smallest absolute Gasteiger partial charge is 0.138 e. The van der Waals surface area contributed by atoms with Gasteiger partial charge in [-0.3, -0.25) is 16.0 Å². The van der Waals surface area contributed by atoms with Gasteiger partial charge in [0, 0.05) is 17.8 Å². The average Bonchev–Trinajstić information content (AvgIpc) is 2.97. The first-order valence-corrected chi connectivity index (χ1v) is 7.49. The van der Waals surface area contributed by atoms with E-state index in [1.807, 2.05) is 17.0 Å². The molecule has 0 radical (unpaired) electrons. The number of nitrogens with two attached hydrogens (primary N) is 1. The number of rotatable bonds is 6. The maximum absolute atomic E-state index is 6.30. The lowest BCUT2D eigenvalue weighted by atomic mass is 10.1. The van der Waals surface area contributed by atoms with E-state index in [2.05, 4.69) is 22.4 Å². The topological polar surface area (TPSA) is 68.8 Å². The number of hydrazine groups is 1. The molecule has 0 spiro atoms. The van der Waals surface area contributed by atoms with Gasteiger partial charge in [0.2, 0.25) is 0 Å². The third kappa shape index (κ3) is 3.14. The summed E-state index contributed by atoms with van der Waals surface area (Å²) in [6, 6.07) is -0.0361. The monoisotopic (exact) mass is 299 g/mol. The molecule has 104 valence electrons. The molecule has 2 heterocycles. The molecule has 2 aromatic heterocycles. The Balaban J connectivity index is 2.19. The molecule has 2 aromatic rings. The second-order valence-corrected chi connectivity index (χ2v) is 5.71. The molecule has 1 unspecified atom stereocenters. The third-order valence-corrected chi connectivity index (χ3v) is 4.79. The molecule has 2 rings (SSSR count). The van der Waals surface area contributed by atoms with Crippen LogP contribution in [-0.2, 0) is 13.0 Å². The molecule has 0 aromatic carbocycles. The predicted molar refractivity (Wildman–Crippen MR) is 78.1 cm³/mol. The fraction of sp³-hybridized carbons (Fsp3) is 0.500. The van der Waals surface area contributed by atoms with Gasteiger partial charge in [-0.15, -0.1) is 11.3 Å². The van der Waals surface area contributed by atoms with Gasteiger partial charge >= 0.3 is 0 Å². The van der Waals surface area contributed by atoms with Crippen molar-refractivity contribution in [2.24, 2.45) is 5.84 Å². The number of hydrogen-bond donors (Lipinski definition) is 2. The lowest BCUT2D eigenvalue weighted by molar-refractivity contribution is 0.504. The second-order valence-electron chi connectivity index (χ2n) is 4.42. The average molecular weight is 300 g/mol. The molecule has 0 bridgehead atoms. The second kappa shape index (κ2) is 6.47. The Hall–Kier alpha value is -0.950. The van der Waals surface area contributed by atoms with Gasteiger partial charge in [0.25, 0.3) is 0 Å². The first-order chi connectivity index (χ1) is 9.17. The molecule has 0 saturated heterocycles. The fourth-order valence-corrected chi connectivity index (χ4v) is 3.33. The van der Waals surface area contributed by atoms with E-state index in [9.17, 15) is 0 Å². The Labute approximate surface area is 121 Å². The molecule has 0 fully saturated rings. The van der Waals surface area contributed by atoms with Crippen molar-refractivity contribution in [3.8, 4) is 0 Å². The number of aromatic nitrogens is 3. The number of halogens is 1. The Morgan fingerprint density at radius 2 is 2.37 bits per heavy atom. The maximum atomic E-state index is 6.30. The number of nitrogens with one attached hydrogen (secondary N) is 1. The van der Waals surface area contributed by atoms with Crippen LogP contribution in [0.25, 0.3) is 0 Å². The molecule has 0 aliphatic heterocycles. The normalized spacial score (nSPS) is 12.8. The van der Waals surface area contributed by atoms with Crippen LogP contribution in [-0.4, -0.2) is 14.8 Å². The van der Waals surface area contributed by atoms with Gasteiger partial charge in [0.05, 0.1) is 11.1 Å². The summed E-state index contributed by atoms with van der Waals surface area (Å²) in [4.78, 5) is 5.35. The Morgan fingerprint density at radius 3 is 2.95 bits per heavy atom. The van der Waals surface area contributed by atoms with Gasteiger partial charge in [0.1, 0.15) is 12.2 Å². The molecule has 19 heavy (non-hydrogen) atoms. The highest BCUT2D eigenvalue weighted by Crippen LogP contribution is 2.33. The van der Waals surface area contributed by atoms with E-state index < -0.39 is 0 Å². The third-order valence-electron chi connectivity index (χ3n) is 2.96. The molecule has 0 amide bonds. The highest BCUT2D eigenvalue weighted by molar-refractivity contribution is 7.10. The minimum absolute atomic E-state index is 0.0361. The van der Waals surface area contributed by atoms with E-state index in [-0.39, 0.29) is 6.04 Å². The summed E-state index contributed by atoms with van der Waals surface area (Å²) in [5.74, 6) is 6.59. The summed E-state index contributed by atoms with van der Waals surface area (Å²) < 4.78 is 1.92. The molecular formula is C12H18ClN5S. The quantitative estimate of drug-likeness (QED) is 0.635. The Morgan fingerprint density at radius 1 is 1.58 bits per heavy atom. The van der Waals surface area contributed by atoms with Crippen LogP contribution in [0.15, 0.2) is 11.7 Å². The molecule has 7 heteroatoms. The van der Waals surface area contributed by atoms with Crippen molar-refractivity contribution in [2.45, 2.75) is 39.3 Å². The van der Waals surface area contributed by atoms with Crippen LogP contribution in [0.2, 0.25) is 5.02 Å². The molecule has 0 aliphatic carbocycles. The van der Waals surface area contributed by atoms with Gasteiger partial charge < -0.3 is 0 Å². The van der Waals surface area contributed by atoms with E-state index in [1.54, 1.807) is 17.7 Å². The fourth-order valence-electron chi connectivity index (χ4n) is 1.94. The van der Waals surface area contributed by atoms with Gasteiger partial charge in [0.15, 0.2) is 0 Å². The van der Waals surface area contributed by atoms with Crippen LogP contribution >= 0.6 is 22.9 Å². The van der Waals surface area contributed by atoms with Crippen LogP contribution in [0.1, 0.15) is 35.7 Å². The zero-order valence-corrected chi connectivity index (χ0v) is 12.6. The van der Waals surface area contributed by atoms with Crippen LogP contribution in [0.4, 0.5) is 0 Å². The minimum Gasteiger partial charge on any atom is -0.271 e. The first-order valence-electron chi connectivity index (χ1n) is 6.23. The van der Waals surface area contributed by atoms with Crippen molar-refractivity contribution >= 4 is 22.9 Å².